The lowest BCUT2D eigenvalue weighted by atomic mass is 10.4. The van der Waals surface area contributed by atoms with Crippen molar-refractivity contribution in [1.29, 1.82) is 0 Å². The smallest absolute Gasteiger partial charge is 0.330 e. The molecule has 58 valence electrons. The minimum absolute atomic E-state index is 0.136. The van der Waals surface area contributed by atoms with E-state index in [1.165, 1.54) is 6.08 Å². The maximum absolute atomic E-state index is 10.6. The van der Waals surface area contributed by atoms with Crippen LogP contribution in [-0.2, 0) is 9.53 Å². The molecule has 0 bridgehead atoms. The Labute approximate surface area is 60.3 Å². The molecule has 0 amide bonds. The number of aliphatic hydroxyl groups excluding tert-OH is 1. The van der Waals surface area contributed by atoms with Crippen LogP contribution in [0.5, 0.6) is 0 Å². The van der Waals surface area contributed by atoms with Crippen LogP contribution in [0.1, 0.15) is 13.8 Å². The average Bonchev–Trinajstić information content (AvgIpc) is 1.88. The number of allylic oxidation sites excluding steroid dienone is 1. The van der Waals surface area contributed by atoms with Crippen LogP contribution < -0.4 is 0 Å². The Hall–Kier alpha value is -0.830. The molecule has 10 heavy (non-hydrogen) atoms. The van der Waals surface area contributed by atoms with Gasteiger partial charge in [0.05, 0.1) is 6.61 Å². The SMILES string of the molecule is C/C=C/C(=O)OC(C)CO. The van der Waals surface area contributed by atoms with E-state index >= 15 is 0 Å². The molecule has 0 saturated carbocycles. The average molecular weight is 144 g/mol. The van der Waals surface area contributed by atoms with E-state index in [4.69, 9.17) is 5.11 Å². The summed E-state index contributed by atoms with van der Waals surface area (Å²) in [6.45, 7) is 3.22. The molecule has 0 aliphatic rings. The van der Waals surface area contributed by atoms with Crippen molar-refractivity contribution < 1.29 is 14.6 Å². The molecule has 3 heteroatoms. The second kappa shape index (κ2) is 4.99. The molecule has 0 aliphatic carbocycles. The molecule has 0 aliphatic heterocycles. The molecule has 0 rings (SSSR count). The molecular weight excluding hydrogens is 132 g/mol. The van der Waals surface area contributed by atoms with Gasteiger partial charge in [-0.25, -0.2) is 4.79 Å². The summed E-state index contributed by atoms with van der Waals surface area (Å²) in [6, 6.07) is 0. The Morgan fingerprint density at radius 3 is 2.80 bits per heavy atom. The Balaban J connectivity index is 3.57. The summed E-state index contributed by atoms with van der Waals surface area (Å²) in [5, 5.41) is 8.45. The predicted molar refractivity (Wildman–Crippen MR) is 37.5 cm³/mol. The predicted octanol–water partition coefficient (Wildman–Crippen LogP) is 0.486. The van der Waals surface area contributed by atoms with Gasteiger partial charge in [0.15, 0.2) is 0 Å². The molecule has 0 aromatic rings. The molecule has 1 atom stereocenters. The summed E-state index contributed by atoms with van der Waals surface area (Å²) in [4.78, 5) is 10.6. The quantitative estimate of drug-likeness (QED) is 0.463. The van der Waals surface area contributed by atoms with Crippen molar-refractivity contribution >= 4 is 5.97 Å². The Kier molecular flexibility index (Phi) is 4.58. The monoisotopic (exact) mass is 144 g/mol. The zero-order valence-electron chi connectivity index (χ0n) is 6.20. The van der Waals surface area contributed by atoms with Gasteiger partial charge < -0.3 is 9.84 Å². The third-order valence-corrected chi connectivity index (χ3v) is 0.877. The first kappa shape index (κ1) is 9.17. The molecule has 0 aromatic carbocycles. The summed E-state index contributed by atoms with van der Waals surface area (Å²) < 4.78 is 4.66. The first-order valence-electron chi connectivity index (χ1n) is 3.15. The summed E-state index contributed by atoms with van der Waals surface area (Å²) in [5.74, 6) is -0.413. The van der Waals surface area contributed by atoms with Crippen molar-refractivity contribution in [2.24, 2.45) is 0 Å². The van der Waals surface area contributed by atoms with Gasteiger partial charge in [0.25, 0.3) is 0 Å². The van der Waals surface area contributed by atoms with Crippen LogP contribution in [0.2, 0.25) is 0 Å². The van der Waals surface area contributed by atoms with Gasteiger partial charge in [0, 0.05) is 6.08 Å². The molecule has 0 radical (unpaired) electrons. The fraction of sp³-hybridized carbons (Fsp3) is 0.571. The van der Waals surface area contributed by atoms with Gasteiger partial charge in [-0.15, -0.1) is 0 Å². The van der Waals surface area contributed by atoms with E-state index < -0.39 is 12.1 Å². The highest BCUT2D eigenvalue weighted by atomic mass is 16.5. The van der Waals surface area contributed by atoms with Crippen molar-refractivity contribution in [2.45, 2.75) is 20.0 Å². The van der Waals surface area contributed by atoms with Gasteiger partial charge in [0.2, 0.25) is 0 Å². The number of aliphatic hydroxyl groups is 1. The van der Waals surface area contributed by atoms with Gasteiger partial charge >= 0.3 is 5.97 Å². The van der Waals surface area contributed by atoms with Crippen LogP contribution in [0.25, 0.3) is 0 Å². The highest BCUT2D eigenvalue weighted by Gasteiger charge is 2.02. The summed E-state index contributed by atoms with van der Waals surface area (Å²) in [6.07, 6.45) is 2.49. The number of carbonyl (C=O) groups is 1. The van der Waals surface area contributed by atoms with Crippen molar-refractivity contribution in [3.63, 3.8) is 0 Å². The van der Waals surface area contributed by atoms with Crippen LogP contribution in [0.3, 0.4) is 0 Å². The van der Waals surface area contributed by atoms with Crippen molar-refractivity contribution in [3.8, 4) is 0 Å². The molecule has 0 fully saturated rings. The molecule has 0 spiro atoms. The van der Waals surface area contributed by atoms with Gasteiger partial charge in [-0.05, 0) is 13.8 Å². The first-order chi connectivity index (χ1) is 4.70. The molecule has 1 N–H and O–H groups in total. The summed E-state index contributed by atoms with van der Waals surface area (Å²) >= 11 is 0. The first-order valence-corrected chi connectivity index (χ1v) is 3.15. The maximum atomic E-state index is 10.6. The van der Waals surface area contributed by atoms with Crippen molar-refractivity contribution in [3.05, 3.63) is 12.2 Å². The lowest BCUT2D eigenvalue weighted by Gasteiger charge is -2.06. The number of hydrogen-bond acceptors (Lipinski definition) is 3. The second-order valence-corrected chi connectivity index (χ2v) is 1.93. The van der Waals surface area contributed by atoms with Gasteiger partial charge in [-0.3, -0.25) is 0 Å². The van der Waals surface area contributed by atoms with Crippen molar-refractivity contribution in [1.82, 2.24) is 0 Å². The zero-order chi connectivity index (χ0) is 7.98. The Morgan fingerprint density at radius 2 is 2.40 bits per heavy atom. The lowest BCUT2D eigenvalue weighted by molar-refractivity contribution is -0.143. The number of rotatable bonds is 3. The zero-order valence-corrected chi connectivity index (χ0v) is 6.20. The van der Waals surface area contributed by atoms with Gasteiger partial charge in [0.1, 0.15) is 6.10 Å². The topological polar surface area (TPSA) is 46.5 Å². The van der Waals surface area contributed by atoms with E-state index in [0.29, 0.717) is 0 Å². The standard InChI is InChI=1S/C7H12O3/c1-3-4-7(9)10-6(2)5-8/h3-4,6,8H,5H2,1-2H3/b4-3+. The second-order valence-electron chi connectivity index (χ2n) is 1.93. The summed E-state index contributed by atoms with van der Waals surface area (Å²) in [5.41, 5.74) is 0. The molecule has 0 saturated heterocycles. The number of ether oxygens (including phenoxy) is 1. The minimum atomic E-state index is -0.413. The van der Waals surface area contributed by atoms with E-state index in [-0.39, 0.29) is 6.61 Å². The Bertz CT molecular complexity index is 129. The largest absolute Gasteiger partial charge is 0.457 e. The van der Waals surface area contributed by atoms with Crippen molar-refractivity contribution in [2.75, 3.05) is 6.61 Å². The normalized spacial score (nSPS) is 13.5. The van der Waals surface area contributed by atoms with Crippen LogP contribution in [0.15, 0.2) is 12.2 Å². The van der Waals surface area contributed by atoms with Gasteiger partial charge in [-0.2, -0.15) is 0 Å². The lowest BCUT2D eigenvalue weighted by Crippen LogP contribution is -2.16. The molecular formula is C7H12O3. The molecule has 1 unspecified atom stereocenters. The van der Waals surface area contributed by atoms with Crippen LogP contribution in [0.4, 0.5) is 0 Å². The fourth-order valence-electron chi connectivity index (χ4n) is 0.411. The van der Waals surface area contributed by atoms with E-state index in [0.717, 1.165) is 0 Å². The van der Waals surface area contributed by atoms with E-state index in [2.05, 4.69) is 4.74 Å². The summed E-state index contributed by atoms with van der Waals surface area (Å²) in [7, 11) is 0. The van der Waals surface area contributed by atoms with E-state index in [9.17, 15) is 4.79 Å². The highest BCUT2D eigenvalue weighted by molar-refractivity contribution is 5.81. The van der Waals surface area contributed by atoms with E-state index in [1.807, 2.05) is 0 Å². The number of carbonyl (C=O) groups excluding carboxylic acids is 1. The van der Waals surface area contributed by atoms with Crippen LogP contribution in [0, 0.1) is 0 Å². The fourth-order valence-corrected chi connectivity index (χ4v) is 0.411. The highest BCUT2D eigenvalue weighted by Crippen LogP contribution is 1.90. The van der Waals surface area contributed by atoms with Crippen LogP contribution >= 0.6 is 0 Å². The van der Waals surface area contributed by atoms with Gasteiger partial charge in [-0.1, -0.05) is 6.08 Å². The minimum Gasteiger partial charge on any atom is -0.457 e. The maximum Gasteiger partial charge on any atom is 0.330 e. The number of hydrogen-bond donors (Lipinski definition) is 1. The van der Waals surface area contributed by atoms with E-state index in [1.54, 1.807) is 19.9 Å². The molecule has 0 heterocycles. The Morgan fingerprint density at radius 1 is 1.80 bits per heavy atom. The third kappa shape index (κ3) is 4.09. The number of esters is 1. The molecule has 0 aromatic heterocycles. The molecule has 3 nitrogen and oxygen atoms in total. The van der Waals surface area contributed by atoms with Crippen LogP contribution in [-0.4, -0.2) is 23.8 Å². The third-order valence-electron chi connectivity index (χ3n) is 0.877.